The van der Waals surface area contributed by atoms with Crippen molar-refractivity contribution in [3.05, 3.63) is 35.4 Å². The van der Waals surface area contributed by atoms with Crippen LogP contribution in [-0.2, 0) is 14.9 Å². The Kier molecular flexibility index (Phi) is 5.66. The number of ether oxygens (including phenoxy) is 1. The van der Waals surface area contributed by atoms with E-state index in [9.17, 15) is 18.0 Å². The zero-order valence-corrected chi connectivity index (χ0v) is 11.3. The number of benzene rings is 1. The highest BCUT2D eigenvalue weighted by molar-refractivity contribution is 7.85. The number of esters is 1. The van der Waals surface area contributed by atoms with Crippen molar-refractivity contribution >= 4 is 22.1 Å². The lowest BCUT2D eigenvalue weighted by Gasteiger charge is -2.04. The lowest BCUT2D eigenvalue weighted by Crippen LogP contribution is -2.09. The van der Waals surface area contributed by atoms with Crippen LogP contribution in [0, 0.1) is 0 Å². The molecule has 0 atom stereocenters. The number of carboxylic acids is 1. The minimum atomic E-state index is -3.99. The van der Waals surface area contributed by atoms with Crippen molar-refractivity contribution in [3.8, 4) is 0 Å². The summed E-state index contributed by atoms with van der Waals surface area (Å²) in [5.74, 6) is -2.08. The molecule has 0 saturated carbocycles. The lowest BCUT2D eigenvalue weighted by molar-refractivity contribution is 0.0499. The van der Waals surface area contributed by atoms with Gasteiger partial charge in [-0.3, -0.25) is 4.55 Å². The van der Waals surface area contributed by atoms with Crippen molar-refractivity contribution in [1.82, 2.24) is 0 Å². The molecule has 0 radical (unpaired) electrons. The van der Waals surface area contributed by atoms with Gasteiger partial charge in [-0.25, -0.2) is 9.59 Å². The van der Waals surface area contributed by atoms with Crippen molar-refractivity contribution in [1.29, 1.82) is 0 Å². The molecule has 110 valence electrons. The first-order chi connectivity index (χ1) is 9.29. The zero-order chi connectivity index (χ0) is 15.2. The van der Waals surface area contributed by atoms with E-state index in [1.807, 2.05) is 0 Å². The molecule has 2 N–H and O–H groups in total. The smallest absolute Gasteiger partial charge is 0.338 e. The molecule has 0 amide bonds. The maximum atomic E-state index is 11.5. The third kappa shape index (κ3) is 5.81. The molecule has 0 aliphatic heterocycles. The number of rotatable bonds is 7. The number of unbranched alkanes of at least 4 members (excludes halogenated alkanes) is 1. The van der Waals surface area contributed by atoms with Crippen LogP contribution in [0.3, 0.4) is 0 Å². The second-order valence-corrected chi connectivity index (χ2v) is 5.58. The molecule has 1 aromatic rings. The molecule has 1 rings (SSSR count). The Balaban J connectivity index is 2.38. The molecule has 7 nitrogen and oxygen atoms in total. The van der Waals surface area contributed by atoms with Gasteiger partial charge in [0, 0.05) is 0 Å². The van der Waals surface area contributed by atoms with E-state index in [-0.39, 0.29) is 29.9 Å². The second kappa shape index (κ2) is 7.01. The molecule has 8 heteroatoms. The van der Waals surface area contributed by atoms with Crippen molar-refractivity contribution in [2.24, 2.45) is 0 Å². The summed E-state index contributed by atoms with van der Waals surface area (Å²) in [7, 11) is -3.99. The van der Waals surface area contributed by atoms with E-state index in [2.05, 4.69) is 0 Å². The summed E-state index contributed by atoms with van der Waals surface area (Å²) in [5, 5.41) is 8.69. The molecule has 0 aromatic heterocycles. The third-order valence-electron chi connectivity index (χ3n) is 2.40. The number of carbonyl (C=O) groups is 2. The molecule has 0 fully saturated rings. The van der Waals surface area contributed by atoms with E-state index in [1.165, 1.54) is 24.3 Å². The number of carbonyl (C=O) groups excluding carboxylic acids is 1. The maximum absolute atomic E-state index is 11.5. The first kappa shape index (κ1) is 16.1. The van der Waals surface area contributed by atoms with Crippen molar-refractivity contribution in [2.45, 2.75) is 12.8 Å². The van der Waals surface area contributed by atoms with E-state index in [1.54, 1.807) is 0 Å². The van der Waals surface area contributed by atoms with Crippen molar-refractivity contribution in [3.63, 3.8) is 0 Å². The van der Waals surface area contributed by atoms with Crippen LogP contribution in [0.15, 0.2) is 24.3 Å². The van der Waals surface area contributed by atoms with Crippen LogP contribution in [0.2, 0.25) is 0 Å². The normalized spacial score (nSPS) is 11.1. The van der Waals surface area contributed by atoms with Crippen LogP contribution in [-0.4, -0.2) is 42.4 Å². The quantitative estimate of drug-likeness (QED) is 0.441. The molecular weight excluding hydrogens is 288 g/mol. The Morgan fingerprint density at radius 2 is 1.60 bits per heavy atom. The maximum Gasteiger partial charge on any atom is 0.338 e. The van der Waals surface area contributed by atoms with Gasteiger partial charge in [0.1, 0.15) is 0 Å². The highest BCUT2D eigenvalue weighted by Gasteiger charge is 2.09. The molecule has 0 aliphatic carbocycles. The van der Waals surface area contributed by atoms with Crippen LogP contribution >= 0.6 is 0 Å². The molecule has 0 spiro atoms. The van der Waals surface area contributed by atoms with Gasteiger partial charge in [0.25, 0.3) is 10.1 Å². The SMILES string of the molecule is O=C(O)c1ccc(C(=O)OCCCCS(=O)(=O)O)cc1. The van der Waals surface area contributed by atoms with Gasteiger partial charge >= 0.3 is 11.9 Å². The van der Waals surface area contributed by atoms with Crippen LogP contribution in [0.25, 0.3) is 0 Å². The average Bonchev–Trinajstić information content (AvgIpc) is 2.37. The fourth-order valence-electron chi connectivity index (χ4n) is 1.38. The van der Waals surface area contributed by atoms with Gasteiger partial charge in [0.2, 0.25) is 0 Å². The van der Waals surface area contributed by atoms with E-state index in [4.69, 9.17) is 14.4 Å². The molecule has 0 aliphatic rings. The van der Waals surface area contributed by atoms with Gasteiger partial charge < -0.3 is 9.84 Å². The molecule has 0 saturated heterocycles. The molecule has 0 unspecified atom stereocenters. The fraction of sp³-hybridized carbons (Fsp3) is 0.333. The van der Waals surface area contributed by atoms with E-state index in [0.717, 1.165) is 0 Å². The van der Waals surface area contributed by atoms with Gasteiger partial charge in [0.05, 0.1) is 23.5 Å². The van der Waals surface area contributed by atoms with Gasteiger partial charge in [-0.05, 0) is 37.1 Å². The summed E-state index contributed by atoms with van der Waals surface area (Å²) < 4.78 is 34.2. The average molecular weight is 302 g/mol. The molecule has 0 bridgehead atoms. The van der Waals surface area contributed by atoms with Gasteiger partial charge in [-0.15, -0.1) is 0 Å². The van der Waals surface area contributed by atoms with Crippen LogP contribution in [0.5, 0.6) is 0 Å². The lowest BCUT2D eigenvalue weighted by atomic mass is 10.1. The number of hydrogen-bond acceptors (Lipinski definition) is 5. The minimum absolute atomic E-state index is 0.0229. The van der Waals surface area contributed by atoms with E-state index < -0.39 is 22.1 Å². The van der Waals surface area contributed by atoms with Crippen molar-refractivity contribution in [2.75, 3.05) is 12.4 Å². The Hall–Kier alpha value is -1.93. The fourth-order valence-corrected chi connectivity index (χ4v) is 1.95. The topological polar surface area (TPSA) is 118 Å². The molecule has 0 heterocycles. The summed E-state index contributed by atoms with van der Waals surface area (Å²) in [6, 6.07) is 5.25. The standard InChI is InChI=1S/C12H14O7S/c13-11(14)9-3-5-10(6-4-9)12(15)19-7-1-2-8-20(16,17)18/h3-6H,1-2,7-8H2,(H,13,14)(H,16,17,18). The Labute approximate surface area is 115 Å². The minimum Gasteiger partial charge on any atom is -0.478 e. The highest BCUT2D eigenvalue weighted by Crippen LogP contribution is 2.06. The summed E-state index contributed by atoms with van der Waals surface area (Å²) in [6.45, 7) is 0.0229. The number of aromatic carboxylic acids is 1. The first-order valence-corrected chi connectivity index (χ1v) is 7.36. The van der Waals surface area contributed by atoms with Crippen molar-refractivity contribution < 1.29 is 32.4 Å². The van der Waals surface area contributed by atoms with Crippen LogP contribution in [0.4, 0.5) is 0 Å². The number of hydrogen-bond donors (Lipinski definition) is 2. The van der Waals surface area contributed by atoms with Gasteiger partial charge in [-0.1, -0.05) is 0 Å². The molecular formula is C12H14O7S. The van der Waals surface area contributed by atoms with E-state index in [0.29, 0.717) is 6.42 Å². The predicted octanol–water partition coefficient (Wildman–Crippen LogP) is 1.21. The van der Waals surface area contributed by atoms with E-state index >= 15 is 0 Å². The summed E-state index contributed by atoms with van der Waals surface area (Å²) in [4.78, 5) is 22.2. The Bertz CT molecular complexity index is 574. The Morgan fingerprint density at radius 1 is 1.05 bits per heavy atom. The summed E-state index contributed by atoms with van der Waals surface area (Å²) in [5.41, 5.74) is 0.277. The Morgan fingerprint density at radius 3 is 2.10 bits per heavy atom. The third-order valence-corrected chi connectivity index (χ3v) is 3.20. The largest absolute Gasteiger partial charge is 0.478 e. The van der Waals surface area contributed by atoms with Gasteiger partial charge in [0.15, 0.2) is 0 Å². The first-order valence-electron chi connectivity index (χ1n) is 5.75. The monoisotopic (exact) mass is 302 g/mol. The summed E-state index contributed by atoms with van der Waals surface area (Å²) in [6.07, 6.45) is 0.489. The highest BCUT2D eigenvalue weighted by atomic mass is 32.2. The predicted molar refractivity (Wildman–Crippen MR) is 69.3 cm³/mol. The second-order valence-electron chi connectivity index (χ2n) is 4.01. The zero-order valence-electron chi connectivity index (χ0n) is 10.5. The van der Waals surface area contributed by atoms with Crippen LogP contribution < -0.4 is 0 Å². The summed E-state index contributed by atoms with van der Waals surface area (Å²) >= 11 is 0. The van der Waals surface area contributed by atoms with Gasteiger partial charge in [-0.2, -0.15) is 8.42 Å². The number of carboxylic acid groups (broad SMARTS) is 1. The van der Waals surface area contributed by atoms with Crippen LogP contribution in [0.1, 0.15) is 33.6 Å². The molecule has 20 heavy (non-hydrogen) atoms. The molecule has 1 aromatic carbocycles.